The maximum absolute atomic E-state index is 12.6. The van der Waals surface area contributed by atoms with Crippen LogP contribution in [0.4, 0.5) is 5.69 Å². The SMILES string of the molecule is O=C1CC(c2ccccc2)CC2=Nc3ccc(Cl)cc3SC12. The molecule has 2 atom stereocenters. The molecule has 4 heteroatoms. The maximum Gasteiger partial charge on any atom is 0.152 e. The van der Waals surface area contributed by atoms with E-state index in [0.717, 1.165) is 22.7 Å². The average Bonchev–Trinajstić information content (AvgIpc) is 2.54. The molecule has 1 aliphatic heterocycles. The Bertz CT molecular complexity index is 772. The first-order valence-electron chi connectivity index (χ1n) is 7.32. The zero-order valence-corrected chi connectivity index (χ0v) is 13.4. The first-order valence-corrected chi connectivity index (χ1v) is 8.58. The maximum atomic E-state index is 12.6. The third kappa shape index (κ3) is 2.49. The number of Topliss-reactive ketones (excluding diaryl/α,β-unsaturated/α-hetero) is 1. The molecule has 0 radical (unpaired) electrons. The normalized spacial score (nSPS) is 23.5. The van der Waals surface area contributed by atoms with E-state index in [1.54, 1.807) is 11.8 Å². The number of rotatable bonds is 1. The van der Waals surface area contributed by atoms with Gasteiger partial charge in [0, 0.05) is 22.1 Å². The molecule has 0 spiro atoms. The Morgan fingerprint density at radius 3 is 2.73 bits per heavy atom. The van der Waals surface area contributed by atoms with Gasteiger partial charge in [-0.3, -0.25) is 9.79 Å². The van der Waals surface area contributed by atoms with Gasteiger partial charge in [-0.1, -0.05) is 41.9 Å². The highest BCUT2D eigenvalue weighted by atomic mass is 35.5. The molecule has 0 saturated heterocycles. The lowest BCUT2D eigenvalue weighted by atomic mass is 9.82. The van der Waals surface area contributed by atoms with E-state index in [1.807, 2.05) is 36.4 Å². The summed E-state index contributed by atoms with van der Waals surface area (Å²) in [4.78, 5) is 18.3. The van der Waals surface area contributed by atoms with Crippen molar-refractivity contribution in [2.75, 3.05) is 0 Å². The minimum atomic E-state index is -0.133. The van der Waals surface area contributed by atoms with E-state index in [1.165, 1.54) is 5.56 Å². The van der Waals surface area contributed by atoms with Gasteiger partial charge in [-0.05, 0) is 36.1 Å². The Balaban J connectivity index is 1.70. The van der Waals surface area contributed by atoms with Gasteiger partial charge in [-0.25, -0.2) is 0 Å². The Labute approximate surface area is 138 Å². The number of nitrogens with zero attached hydrogens (tertiary/aromatic N) is 1. The summed E-state index contributed by atoms with van der Waals surface area (Å²) in [6.45, 7) is 0. The zero-order chi connectivity index (χ0) is 15.1. The van der Waals surface area contributed by atoms with Gasteiger partial charge in [-0.15, -0.1) is 11.8 Å². The minimum absolute atomic E-state index is 0.133. The van der Waals surface area contributed by atoms with Gasteiger partial charge in [0.1, 0.15) is 5.25 Å². The minimum Gasteiger partial charge on any atom is -0.298 e. The van der Waals surface area contributed by atoms with E-state index in [2.05, 4.69) is 12.1 Å². The molecule has 0 N–H and O–H groups in total. The molecule has 22 heavy (non-hydrogen) atoms. The van der Waals surface area contributed by atoms with E-state index in [9.17, 15) is 4.79 Å². The van der Waals surface area contributed by atoms with E-state index in [-0.39, 0.29) is 17.0 Å². The molecule has 2 unspecified atom stereocenters. The summed E-state index contributed by atoms with van der Waals surface area (Å²) < 4.78 is 0. The molecular formula is C18H14ClNOS. The van der Waals surface area contributed by atoms with Gasteiger partial charge in [0.15, 0.2) is 5.78 Å². The summed E-state index contributed by atoms with van der Waals surface area (Å²) in [5, 5.41) is 0.557. The summed E-state index contributed by atoms with van der Waals surface area (Å²) >= 11 is 7.64. The van der Waals surface area contributed by atoms with Gasteiger partial charge in [0.2, 0.25) is 0 Å². The largest absolute Gasteiger partial charge is 0.298 e. The molecule has 2 aromatic rings. The van der Waals surface area contributed by atoms with Crippen molar-refractivity contribution < 1.29 is 4.79 Å². The van der Waals surface area contributed by atoms with Crippen LogP contribution in [-0.4, -0.2) is 16.7 Å². The lowest BCUT2D eigenvalue weighted by Gasteiger charge is -2.32. The molecule has 4 rings (SSSR count). The molecule has 0 amide bonds. The number of hydrogen-bond donors (Lipinski definition) is 0. The quantitative estimate of drug-likeness (QED) is 0.734. The monoisotopic (exact) mass is 327 g/mol. The summed E-state index contributed by atoms with van der Waals surface area (Å²) in [5.74, 6) is 0.521. The predicted octanol–water partition coefficient (Wildman–Crippen LogP) is 5.03. The highest BCUT2D eigenvalue weighted by molar-refractivity contribution is 8.01. The fourth-order valence-corrected chi connectivity index (χ4v) is 4.56. The zero-order valence-electron chi connectivity index (χ0n) is 11.8. The Morgan fingerprint density at radius 1 is 1.09 bits per heavy atom. The second-order valence-corrected chi connectivity index (χ2v) is 7.28. The van der Waals surface area contributed by atoms with Crippen LogP contribution in [0.2, 0.25) is 5.02 Å². The summed E-state index contributed by atoms with van der Waals surface area (Å²) in [6.07, 6.45) is 1.45. The van der Waals surface area contributed by atoms with Crippen molar-refractivity contribution in [3.63, 3.8) is 0 Å². The third-order valence-corrected chi connectivity index (χ3v) is 5.79. The van der Waals surface area contributed by atoms with Crippen LogP contribution in [0.5, 0.6) is 0 Å². The molecule has 1 saturated carbocycles. The molecule has 0 aromatic heterocycles. The van der Waals surface area contributed by atoms with Crippen LogP contribution in [0, 0.1) is 0 Å². The number of hydrogen-bond acceptors (Lipinski definition) is 3. The number of aliphatic imine (C=N–C) groups is 1. The first-order chi connectivity index (χ1) is 10.7. The van der Waals surface area contributed by atoms with Crippen LogP contribution in [0.3, 0.4) is 0 Å². The van der Waals surface area contributed by atoms with Crippen molar-refractivity contribution in [3.8, 4) is 0 Å². The lowest BCUT2D eigenvalue weighted by Crippen LogP contribution is -2.36. The van der Waals surface area contributed by atoms with Crippen molar-refractivity contribution >= 4 is 40.5 Å². The number of carbonyl (C=O) groups is 1. The summed E-state index contributed by atoms with van der Waals surface area (Å²) in [6, 6.07) is 15.9. The van der Waals surface area contributed by atoms with Crippen LogP contribution >= 0.6 is 23.4 Å². The van der Waals surface area contributed by atoms with Gasteiger partial charge in [0.25, 0.3) is 0 Å². The fraction of sp³-hybridized carbons (Fsp3) is 0.222. The van der Waals surface area contributed by atoms with E-state index < -0.39 is 0 Å². The molecule has 2 nitrogen and oxygen atoms in total. The second-order valence-electron chi connectivity index (χ2n) is 5.70. The van der Waals surface area contributed by atoms with Crippen LogP contribution in [0.1, 0.15) is 24.3 Å². The number of halogens is 1. The standard InChI is InChI=1S/C18H14ClNOS/c19-13-6-7-14-17(10-13)22-18-15(20-14)8-12(9-16(18)21)11-4-2-1-3-5-11/h1-7,10,12,18H,8-9H2. The van der Waals surface area contributed by atoms with Crippen molar-refractivity contribution in [2.45, 2.75) is 28.9 Å². The number of fused-ring (bicyclic) bond motifs is 2. The van der Waals surface area contributed by atoms with Gasteiger partial charge in [-0.2, -0.15) is 0 Å². The Hall–Kier alpha value is -1.58. The first kappa shape index (κ1) is 14.0. The number of ketones is 1. The van der Waals surface area contributed by atoms with Gasteiger partial charge < -0.3 is 0 Å². The van der Waals surface area contributed by atoms with Gasteiger partial charge >= 0.3 is 0 Å². The fourth-order valence-electron chi connectivity index (χ4n) is 3.12. The smallest absolute Gasteiger partial charge is 0.152 e. The molecule has 2 aliphatic rings. The third-order valence-electron chi connectivity index (χ3n) is 4.20. The topological polar surface area (TPSA) is 29.4 Å². The van der Waals surface area contributed by atoms with Crippen molar-refractivity contribution in [2.24, 2.45) is 4.99 Å². The van der Waals surface area contributed by atoms with Crippen molar-refractivity contribution in [1.82, 2.24) is 0 Å². The van der Waals surface area contributed by atoms with Gasteiger partial charge in [0.05, 0.1) is 5.69 Å². The lowest BCUT2D eigenvalue weighted by molar-refractivity contribution is -0.118. The molecule has 1 fully saturated rings. The number of thioether (sulfide) groups is 1. The molecule has 110 valence electrons. The van der Waals surface area contributed by atoms with Crippen LogP contribution in [0.25, 0.3) is 0 Å². The van der Waals surface area contributed by atoms with Crippen molar-refractivity contribution in [1.29, 1.82) is 0 Å². The van der Waals surface area contributed by atoms with E-state index >= 15 is 0 Å². The number of benzene rings is 2. The average molecular weight is 328 g/mol. The molecule has 1 aliphatic carbocycles. The highest BCUT2D eigenvalue weighted by Gasteiger charge is 2.37. The summed E-state index contributed by atoms with van der Waals surface area (Å²) in [7, 11) is 0. The molecule has 1 heterocycles. The van der Waals surface area contributed by atoms with Crippen LogP contribution in [-0.2, 0) is 4.79 Å². The Morgan fingerprint density at radius 2 is 1.91 bits per heavy atom. The predicted molar refractivity (Wildman–Crippen MR) is 91.6 cm³/mol. The Kier molecular flexibility index (Phi) is 3.55. The van der Waals surface area contributed by atoms with E-state index in [4.69, 9.17) is 16.6 Å². The molecule has 2 aromatic carbocycles. The molecular weight excluding hydrogens is 314 g/mol. The number of carbonyl (C=O) groups excluding carboxylic acids is 1. The van der Waals surface area contributed by atoms with E-state index in [0.29, 0.717) is 11.4 Å². The van der Waals surface area contributed by atoms with Crippen molar-refractivity contribution in [3.05, 3.63) is 59.1 Å². The second kappa shape index (κ2) is 5.56. The highest BCUT2D eigenvalue weighted by Crippen LogP contribution is 2.44. The van der Waals surface area contributed by atoms with Crippen LogP contribution < -0.4 is 0 Å². The van der Waals surface area contributed by atoms with Crippen LogP contribution in [0.15, 0.2) is 58.4 Å². The molecule has 0 bridgehead atoms. The summed E-state index contributed by atoms with van der Waals surface area (Å²) in [5.41, 5.74) is 3.16.